The maximum absolute atomic E-state index is 13.3. The van der Waals surface area contributed by atoms with Gasteiger partial charge in [0, 0.05) is 39.1 Å². The summed E-state index contributed by atoms with van der Waals surface area (Å²) in [6.45, 7) is 7.56. The van der Waals surface area contributed by atoms with Crippen molar-refractivity contribution in [1.29, 1.82) is 0 Å². The van der Waals surface area contributed by atoms with Crippen LogP contribution in [-0.4, -0.2) is 47.7 Å². The van der Waals surface area contributed by atoms with E-state index < -0.39 is 5.60 Å². The molecule has 0 fully saturated rings. The lowest BCUT2D eigenvalue weighted by atomic mass is 10.2. The number of guanidine groups is 1. The molecule has 0 spiro atoms. The van der Waals surface area contributed by atoms with E-state index in [9.17, 15) is 9.18 Å². The zero-order chi connectivity index (χ0) is 22.7. The predicted octanol–water partition coefficient (Wildman–Crippen LogP) is 3.71. The Hall–Kier alpha value is -3.16. The van der Waals surface area contributed by atoms with Crippen LogP contribution in [0.5, 0.6) is 0 Å². The van der Waals surface area contributed by atoms with Crippen LogP contribution in [0.1, 0.15) is 38.3 Å². The molecule has 0 radical (unpaired) electrons. The van der Waals surface area contributed by atoms with Crippen molar-refractivity contribution < 1.29 is 13.9 Å². The van der Waals surface area contributed by atoms with E-state index in [0.29, 0.717) is 38.6 Å². The number of nitrogens with zero attached hydrogens (tertiary/aromatic N) is 3. The Bertz CT molecular complexity index is 853. The van der Waals surface area contributed by atoms with Crippen LogP contribution >= 0.6 is 0 Å². The number of aliphatic imine (C=N–C) groups is 1. The number of hydrogen-bond donors (Lipinski definition) is 2. The van der Waals surface area contributed by atoms with Crippen LogP contribution in [-0.2, 0) is 17.8 Å². The Balaban J connectivity index is 1.84. The molecule has 168 valence electrons. The number of amides is 1. The van der Waals surface area contributed by atoms with E-state index in [1.54, 1.807) is 30.4 Å². The Morgan fingerprint density at radius 2 is 1.97 bits per heavy atom. The van der Waals surface area contributed by atoms with Crippen molar-refractivity contribution in [2.24, 2.45) is 4.99 Å². The fraction of sp³-hybridized carbons (Fsp3) is 0.435. The summed E-state index contributed by atoms with van der Waals surface area (Å²) in [4.78, 5) is 22.6. The second-order valence-electron chi connectivity index (χ2n) is 8.10. The monoisotopic (exact) mass is 429 g/mol. The third-order valence-electron chi connectivity index (χ3n) is 4.22. The molecule has 0 saturated heterocycles. The molecule has 1 amide bonds. The van der Waals surface area contributed by atoms with Crippen LogP contribution < -0.4 is 10.6 Å². The van der Waals surface area contributed by atoms with Crippen LogP contribution in [0.2, 0.25) is 0 Å². The molecule has 2 aromatic rings. The molecular weight excluding hydrogens is 397 g/mol. The van der Waals surface area contributed by atoms with E-state index >= 15 is 0 Å². The first kappa shape index (κ1) is 24.1. The largest absolute Gasteiger partial charge is 0.444 e. The van der Waals surface area contributed by atoms with Gasteiger partial charge >= 0.3 is 6.09 Å². The van der Waals surface area contributed by atoms with E-state index in [1.165, 1.54) is 12.1 Å². The lowest BCUT2D eigenvalue weighted by molar-refractivity contribution is 0.0232. The van der Waals surface area contributed by atoms with Gasteiger partial charge in [-0.1, -0.05) is 18.2 Å². The van der Waals surface area contributed by atoms with Gasteiger partial charge in [-0.05, 0) is 56.5 Å². The second-order valence-corrected chi connectivity index (χ2v) is 8.10. The fourth-order valence-electron chi connectivity index (χ4n) is 2.80. The molecule has 0 aliphatic rings. The number of benzene rings is 1. The van der Waals surface area contributed by atoms with E-state index in [0.717, 1.165) is 11.1 Å². The average molecular weight is 430 g/mol. The molecule has 1 heterocycles. The second kappa shape index (κ2) is 11.9. The number of carbonyl (C=O) groups is 1. The van der Waals surface area contributed by atoms with Crippen molar-refractivity contribution in [1.82, 2.24) is 20.5 Å². The number of aromatic nitrogens is 1. The zero-order valence-electron chi connectivity index (χ0n) is 18.7. The summed E-state index contributed by atoms with van der Waals surface area (Å²) in [5.41, 5.74) is 1.20. The average Bonchev–Trinajstić information content (AvgIpc) is 2.72. The Morgan fingerprint density at radius 3 is 2.61 bits per heavy atom. The molecule has 1 aromatic carbocycles. The lowest BCUT2D eigenvalue weighted by Crippen LogP contribution is -2.40. The maximum Gasteiger partial charge on any atom is 0.410 e. The SMILES string of the molecule is CN=C(NCCCN(Cc1cccnc1)C(=O)OC(C)(C)C)NCc1cccc(F)c1. The van der Waals surface area contributed by atoms with E-state index in [4.69, 9.17) is 4.74 Å². The molecule has 0 bridgehead atoms. The quantitative estimate of drug-likeness (QED) is 0.380. The minimum Gasteiger partial charge on any atom is -0.444 e. The van der Waals surface area contributed by atoms with Gasteiger partial charge in [-0.25, -0.2) is 9.18 Å². The van der Waals surface area contributed by atoms with Crippen molar-refractivity contribution in [2.45, 2.75) is 45.9 Å². The molecule has 0 unspecified atom stereocenters. The van der Waals surface area contributed by atoms with Crippen LogP contribution in [0, 0.1) is 5.82 Å². The van der Waals surface area contributed by atoms with Gasteiger partial charge < -0.3 is 20.3 Å². The third-order valence-corrected chi connectivity index (χ3v) is 4.22. The predicted molar refractivity (Wildman–Crippen MR) is 120 cm³/mol. The number of carbonyl (C=O) groups excluding carboxylic acids is 1. The highest BCUT2D eigenvalue weighted by atomic mass is 19.1. The topological polar surface area (TPSA) is 78.9 Å². The number of pyridine rings is 1. The highest BCUT2D eigenvalue weighted by molar-refractivity contribution is 5.79. The molecule has 2 rings (SSSR count). The summed E-state index contributed by atoms with van der Waals surface area (Å²) < 4.78 is 18.9. The first-order chi connectivity index (χ1) is 14.8. The lowest BCUT2D eigenvalue weighted by Gasteiger charge is -2.27. The zero-order valence-corrected chi connectivity index (χ0v) is 18.7. The third kappa shape index (κ3) is 9.46. The number of nitrogens with one attached hydrogen (secondary N) is 2. The van der Waals surface area contributed by atoms with Gasteiger partial charge in [-0.3, -0.25) is 9.98 Å². The Morgan fingerprint density at radius 1 is 1.19 bits per heavy atom. The summed E-state index contributed by atoms with van der Waals surface area (Å²) >= 11 is 0. The minimum absolute atomic E-state index is 0.266. The van der Waals surface area contributed by atoms with Gasteiger partial charge in [0.25, 0.3) is 0 Å². The number of ether oxygens (including phenoxy) is 1. The maximum atomic E-state index is 13.3. The molecule has 2 N–H and O–H groups in total. The van der Waals surface area contributed by atoms with Gasteiger partial charge in [-0.15, -0.1) is 0 Å². The van der Waals surface area contributed by atoms with Crippen molar-refractivity contribution in [3.8, 4) is 0 Å². The Labute approximate surface area is 183 Å². The standard InChI is InChI=1S/C23H32FN5O2/c1-23(2,3)31-22(30)29(17-19-9-6-11-26-15-19)13-7-12-27-21(25-4)28-16-18-8-5-10-20(24)14-18/h5-6,8-11,14-15H,7,12-13,16-17H2,1-4H3,(H2,25,27,28). The van der Waals surface area contributed by atoms with Crippen LogP contribution in [0.25, 0.3) is 0 Å². The number of halogens is 1. The molecular formula is C23H32FN5O2. The first-order valence-corrected chi connectivity index (χ1v) is 10.3. The van der Waals surface area contributed by atoms with Crippen molar-refractivity contribution in [3.63, 3.8) is 0 Å². The molecule has 0 saturated carbocycles. The molecule has 0 aliphatic heterocycles. The van der Waals surface area contributed by atoms with Gasteiger partial charge in [0.15, 0.2) is 5.96 Å². The van der Waals surface area contributed by atoms with Gasteiger partial charge in [0.05, 0.1) is 6.54 Å². The molecule has 8 heteroatoms. The van der Waals surface area contributed by atoms with E-state index in [2.05, 4.69) is 20.6 Å². The summed E-state index contributed by atoms with van der Waals surface area (Å²) in [5.74, 6) is 0.346. The van der Waals surface area contributed by atoms with Crippen molar-refractivity contribution >= 4 is 12.1 Å². The molecule has 31 heavy (non-hydrogen) atoms. The van der Waals surface area contributed by atoms with Crippen molar-refractivity contribution in [3.05, 3.63) is 65.7 Å². The highest BCUT2D eigenvalue weighted by Gasteiger charge is 2.22. The smallest absolute Gasteiger partial charge is 0.410 e. The van der Waals surface area contributed by atoms with E-state index in [-0.39, 0.29) is 11.9 Å². The first-order valence-electron chi connectivity index (χ1n) is 10.3. The molecule has 0 aliphatic carbocycles. The highest BCUT2D eigenvalue weighted by Crippen LogP contribution is 2.12. The molecule has 7 nitrogen and oxygen atoms in total. The normalized spacial score (nSPS) is 11.7. The fourth-order valence-corrected chi connectivity index (χ4v) is 2.80. The number of rotatable bonds is 8. The molecule has 0 atom stereocenters. The van der Waals surface area contributed by atoms with Crippen molar-refractivity contribution in [2.75, 3.05) is 20.1 Å². The summed E-state index contributed by atoms with van der Waals surface area (Å²) in [5, 5.41) is 6.37. The summed E-state index contributed by atoms with van der Waals surface area (Å²) in [6.07, 6.45) is 3.78. The van der Waals surface area contributed by atoms with Crippen LogP contribution in [0.4, 0.5) is 9.18 Å². The number of hydrogen-bond acceptors (Lipinski definition) is 4. The minimum atomic E-state index is -0.564. The van der Waals surface area contributed by atoms with Gasteiger partial charge in [0.2, 0.25) is 0 Å². The Kier molecular flexibility index (Phi) is 9.24. The van der Waals surface area contributed by atoms with Gasteiger partial charge in [-0.2, -0.15) is 0 Å². The summed E-state index contributed by atoms with van der Waals surface area (Å²) in [7, 11) is 1.68. The molecule has 1 aromatic heterocycles. The van der Waals surface area contributed by atoms with Crippen LogP contribution in [0.3, 0.4) is 0 Å². The van der Waals surface area contributed by atoms with Gasteiger partial charge in [0.1, 0.15) is 11.4 Å². The van der Waals surface area contributed by atoms with Crippen LogP contribution in [0.15, 0.2) is 53.8 Å². The van der Waals surface area contributed by atoms with E-state index in [1.807, 2.05) is 39.0 Å². The summed E-state index contributed by atoms with van der Waals surface area (Å²) in [6, 6.07) is 10.2.